The van der Waals surface area contributed by atoms with E-state index in [4.69, 9.17) is 0 Å². The Kier molecular flexibility index (Phi) is 5.49. The zero-order valence-electron chi connectivity index (χ0n) is 10.1. The highest BCUT2D eigenvalue weighted by Crippen LogP contribution is 2.09. The van der Waals surface area contributed by atoms with Crippen molar-refractivity contribution in [3.05, 3.63) is 0 Å². The molecule has 0 bridgehead atoms. The van der Waals surface area contributed by atoms with Crippen molar-refractivity contribution in [1.29, 1.82) is 0 Å². The van der Waals surface area contributed by atoms with Crippen LogP contribution in [-0.2, 0) is 0 Å². The van der Waals surface area contributed by atoms with E-state index >= 15 is 0 Å². The average molecular weight is 198 g/mol. The minimum atomic E-state index is 0.752. The van der Waals surface area contributed by atoms with Gasteiger partial charge in [-0.25, -0.2) is 0 Å². The van der Waals surface area contributed by atoms with Gasteiger partial charge >= 0.3 is 0 Å². The third-order valence-corrected chi connectivity index (χ3v) is 3.11. The maximum atomic E-state index is 3.68. The van der Waals surface area contributed by atoms with Crippen LogP contribution >= 0.6 is 0 Å². The monoisotopic (exact) mass is 198 g/mol. The predicted octanol–water partition coefficient (Wildman–Crippen LogP) is 2.11. The molecule has 1 aliphatic heterocycles. The molecule has 0 aliphatic carbocycles. The molecule has 0 radical (unpaired) electrons. The quantitative estimate of drug-likeness (QED) is 0.728. The van der Waals surface area contributed by atoms with Crippen LogP contribution in [0.2, 0.25) is 0 Å². The lowest BCUT2D eigenvalue weighted by Crippen LogP contribution is -2.45. The second-order valence-corrected chi connectivity index (χ2v) is 4.87. The summed E-state index contributed by atoms with van der Waals surface area (Å²) in [5, 5.41) is 3.68. The van der Waals surface area contributed by atoms with Crippen LogP contribution in [0.3, 0.4) is 0 Å². The van der Waals surface area contributed by atoms with Crippen molar-refractivity contribution >= 4 is 0 Å². The second-order valence-electron chi connectivity index (χ2n) is 4.87. The van der Waals surface area contributed by atoms with Gasteiger partial charge in [0.25, 0.3) is 0 Å². The molecule has 0 spiro atoms. The fraction of sp³-hybridized carbons (Fsp3) is 1.00. The van der Waals surface area contributed by atoms with Crippen molar-refractivity contribution < 1.29 is 0 Å². The lowest BCUT2D eigenvalue weighted by molar-refractivity contribution is 0.198. The summed E-state index contributed by atoms with van der Waals surface area (Å²) in [5.41, 5.74) is 0. The number of likely N-dealkylation sites (tertiary alicyclic amines) is 1. The van der Waals surface area contributed by atoms with Crippen LogP contribution in [0, 0.1) is 5.92 Å². The number of likely N-dealkylation sites (N-methyl/N-ethyl adjacent to an activating group) is 1. The molecule has 0 aromatic carbocycles. The van der Waals surface area contributed by atoms with Crippen molar-refractivity contribution in [3.63, 3.8) is 0 Å². The molecule has 0 aromatic heterocycles. The smallest absolute Gasteiger partial charge is 0.0195 e. The van der Waals surface area contributed by atoms with Gasteiger partial charge in [0.05, 0.1) is 0 Å². The Labute approximate surface area is 89.1 Å². The summed E-state index contributed by atoms with van der Waals surface area (Å²) in [6, 6.07) is 0.752. The zero-order valence-corrected chi connectivity index (χ0v) is 10.1. The van der Waals surface area contributed by atoms with Crippen molar-refractivity contribution in [3.8, 4) is 0 Å². The van der Waals surface area contributed by atoms with Gasteiger partial charge in [-0.3, -0.25) is 0 Å². The first-order valence-corrected chi connectivity index (χ1v) is 6.18. The van der Waals surface area contributed by atoms with Crippen molar-refractivity contribution in [2.45, 2.75) is 46.1 Å². The summed E-state index contributed by atoms with van der Waals surface area (Å²) in [5.74, 6) is 0.827. The number of piperidine rings is 1. The summed E-state index contributed by atoms with van der Waals surface area (Å²) in [6.07, 6.45) is 4.05. The summed E-state index contributed by atoms with van der Waals surface area (Å²) in [4.78, 5) is 2.55. The first-order chi connectivity index (χ1) is 6.72. The molecule has 1 saturated heterocycles. The molecule has 1 N–H and O–H groups in total. The van der Waals surface area contributed by atoms with Crippen molar-refractivity contribution in [1.82, 2.24) is 10.2 Å². The zero-order chi connectivity index (χ0) is 10.4. The van der Waals surface area contributed by atoms with E-state index in [1.807, 2.05) is 0 Å². The second kappa shape index (κ2) is 6.41. The van der Waals surface area contributed by atoms with Gasteiger partial charge in [-0.1, -0.05) is 20.8 Å². The van der Waals surface area contributed by atoms with Gasteiger partial charge in [0.15, 0.2) is 0 Å². The Morgan fingerprint density at radius 1 is 1.43 bits per heavy atom. The van der Waals surface area contributed by atoms with Gasteiger partial charge in [0, 0.05) is 12.6 Å². The molecule has 2 heteroatoms. The van der Waals surface area contributed by atoms with Crippen LogP contribution in [0.1, 0.15) is 40.0 Å². The van der Waals surface area contributed by atoms with Crippen LogP contribution in [0.15, 0.2) is 0 Å². The number of nitrogens with zero attached hydrogens (tertiary/aromatic N) is 1. The van der Waals surface area contributed by atoms with Gasteiger partial charge < -0.3 is 10.2 Å². The van der Waals surface area contributed by atoms with E-state index in [1.54, 1.807) is 0 Å². The molecule has 0 saturated carbocycles. The van der Waals surface area contributed by atoms with E-state index in [-0.39, 0.29) is 0 Å². The average Bonchev–Trinajstić information content (AvgIpc) is 2.18. The maximum Gasteiger partial charge on any atom is 0.0195 e. The largest absolute Gasteiger partial charge is 0.313 e. The Balaban J connectivity index is 2.11. The summed E-state index contributed by atoms with van der Waals surface area (Å²) in [7, 11) is 0. The van der Waals surface area contributed by atoms with Gasteiger partial charge in [-0.05, 0) is 44.8 Å². The Morgan fingerprint density at radius 3 is 2.86 bits per heavy atom. The highest BCUT2D eigenvalue weighted by Gasteiger charge is 2.17. The van der Waals surface area contributed by atoms with E-state index < -0.39 is 0 Å². The molecule has 0 aromatic rings. The van der Waals surface area contributed by atoms with Crippen LogP contribution in [0.5, 0.6) is 0 Å². The first-order valence-electron chi connectivity index (χ1n) is 6.18. The van der Waals surface area contributed by atoms with Crippen LogP contribution in [0.4, 0.5) is 0 Å². The van der Waals surface area contributed by atoms with Crippen LogP contribution < -0.4 is 5.32 Å². The molecule has 2 nitrogen and oxygen atoms in total. The van der Waals surface area contributed by atoms with E-state index in [2.05, 4.69) is 31.0 Å². The highest BCUT2D eigenvalue weighted by atomic mass is 15.2. The van der Waals surface area contributed by atoms with Gasteiger partial charge in [-0.2, -0.15) is 0 Å². The summed E-state index contributed by atoms with van der Waals surface area (Å²) in [6.45, 7) is 11.8. The van der Waals surface area contributed by atoms with E-state index in [0.29, 0.717) is 0 Å². The number of nitrogens with one attached hydrogen (secondary N) is 1. The van der Waals surface area contributed by atoms with Crippen LogP contribution in [-0.4, -0.2) is 37.1 Å². The van der Waals surface area contributed by atoms with E-state index in [1.165, 1.54) is 45.4 Å². The third kappa shape index (κ3) is 4.43. The summed E-state index contributed by atoms with van der Waals surface area (Å²) >= 11 is 0. The van der Waals surface area contributed by atoms with Gasteiger partial charge in [0.2, 0.25) is 0 Å². The normalized spacial score (nSPS) is 24.4. The molecule has 14 heavy (non-hydrogen) atoms. The lowest BCUT2D eigenvalue weighted by Gasteiger charge is -2.32. The molecule has 1 atom stereocenters. The molecular formula is C12H26N2. The molecular weight excluding hydrogens is 172 g/mol. The first kappa shape index (κ1) is 12.0. The van der Waals surface area contributed by atoms with E-state index in [9.17, 15) is 0 Å². The van der Waals surface area contributed by atoms with Crippen molar-refractivity contribution in [2.75, 3.05) is 26.2 Å². The fourth-order valence-corrected chi connectivity index (χ4v) is 2.09. The maximum absolute atomic E-state index is 3.68. The molecule has 0 amide bonds. The Bertz CT molecular complexity index is 145. The lowest BCUT2D eigenvalue weighted by atomic mass is 10.0. The molecule has 1 unspecified atom stereocenters. The number of rotatable bonds is 5. The Morgan fingerprint density at radius 2 is 2.21 bits per heavy atom. The minimum absolute atomic E-state index is 0.752. The molecule has 84 valence electrons. The molecule has 1 rings (SSSR count). The molecule has 1 heterocycles. The molecule has 1 aliphatic rings. The van der Waals surface area contributed by atoms with Gasteiger partial charge in [-0.15, -0.1) is 0 Å². The Hall–Kier alpha value is -0.0800. The number of hydrogen-bond acceptors (Lipinski definition) is 2. The molecule has 1 fully saturated rings. The predicted molar refractivity (Wildman–Crippen MR) is 62.6 cm³/mol. The fourth-order valence-electron chi connectivity index (χ4n) is 2.09. The topological polar surface area (TPSA) is 15.3 Å². The van der Waals surface area contributed by atoms with Crippen LogP contribution in [0.25, 0.3) is 0 Å². The third-order valence-electron chi connectivity index (χ3n) is 3.11. The van der Waals surface area contributed by atoms with E-state index in [0.717, 1.165) is 12.0 Å². The van der Waals surface area contributed by atoms with Gasteiger partial charge in [0.1, 0.15) is 0 Å². The van der Waals surface area contributed by atoms with Crippen molar-refractivity contribution in [2.24, 2.45) is 5.92 Å². The standard InChI is InChI=1S/C12H26N2/c1-4-14-9-5-6-12(10-14)13-8-7-11(2)3/h11-13H,4-10H2,1-3H3. The SMILES string of the molecule is CCN1CCCC(NCCC(C)C)C1. The highest BCUT2D eigenvalue weighted by molar-refractivity contribution is 4.77. The minimum Gasteiger partial charge on any atom is -0.313 e. The summed E-state index contributed by atoms with van der Waals surface area (Å²) < 4.78 is 0. The number of hydrogen-bond donors (Lipinski definition) is 1.